The Hall–Kier alpha value is -3.45. The minimum absolute atomic E-state index is 0.0393. The van der Waals surface area contributed by atoms with Crippen molar-refractivity contribution >= 4 is 29.5 Å². The van der Waals surface area contributed by atoms with E-state index in [-0.39, 0.29) is 48.2 Å². The third-order valence-electron chi connectivity index (χ3n) is 8.72. The number of piperidine rings is 1. The molecule has 0 saturated carbocycles. The Labute approximate surface area is 246 Å². The molecule has 228 valence electrons. The average Bonchev–Trinajstić information content (AvgIpc) is 3.64. The highest BCUT2D eigenvalue weighted by molar-refractivity contribution is 5.88. The minimum atomic E-state index is -0.260. The molecule has 2 N–H and O–H groups in total. The van der Waals surface area contributed by atoms with Crippen LogP contribution >= 0.6 is 0 Å². The zero-order valence-corrected chi connectivity index (χ0v) is 25.0. The summed E-state index contributed by atoms with van der Waals surface area (Å²) < 4.78 is 13.2. The Morgan fingerprint density at radius 1 is 1.12 bits per heavy atom. The summed E-state index contributed by atoms with van der Waals surface area (Å²) in [5, 5.41) is 11.7. The predicted octanol–water partition coefficient (Wildman–Crippen LogP) is 2.32. The van der Waals surface area contributed by atoms with Crippen LogP contribution in [0.2, 0.25) is 0 Å². The molecule has 13 heteroatoms. The molecular formula is C29H43N9O4. The first-order chi connectivity index (χ1) is 20.2. The van der Waals surface area contributed by atoms with E-state index in [4.69, 9.17) is 19.4 Å². The van der Waals surface area contributed by atoms with E-state index in [2.05, 4.69) is 29.6 Å². The van der Waals surface area contributed by atoms with Gasteiger partial charge in [0.1, 0.15) is 6.10 Å². The molecule has 4 aliphatic heterocycles. The number of carbonyl (C=O) groups is 2. The van der Waals surface area contributed by atoms with Crippen molar-refractivity contribution in [2.45, 2.75) is 82.1 Å². The van der Waals surface area contributed by atoms with Gasteiger partial charge >= 0.3 is 6.09 Å². The lowest BCUT2D eigenvalue weighted by Crippen LogP contribution is -2.57. The van der Waals surface area contributed by atoms with Crippen LogP contribution in [0.15, 0.2) is 18.3 Å². The Bertz CT molecular complexity index is 1300. The van der Waals surface area contributed by atoms with Gasteiger partial charge in [0.2, 0.25) is 17.8 Å². The first-order valence-electron chi connectivity index (χ1n) is 15.2. The molecule has 4 aliphatic rings. The molecular weight excluding hydrogens is 538 g/mol. The summed E-state index contributed by atoms with van der Waals surface area (Å²) in [7, 11) is 3.91. The van der Waals surface area contributed by atoms with Crippen LogP contribution in [0.4, 0.5) is 16.7 Å². The maximum absolute atomic E-state index is 13.2. The molecule has 0 radical (unpaired) electrons. The van der Waals surface area contributed by atoms with Gasteiger partial charge in [0.05, 0.1) is 31.9 Å². The number of likely N-dealkylation sites (tertiary alicyclic amines) is 1. The van der Waals surface area contributed by atoms with Gasteiger partial charge in [0, 0.05) is 42.9 Å². The van der Waals surface area contributed by atoms with E-state index in [1.165, 1.54) is 0 Å². The van der Waals surface area contributed by atoms with Crippen LogP contribution in [-0.2, 0) is 14.3 Å². The van der Waals surface area contributed by atoms with Crippen molar-refractivity contribution in [2.24, 2.45) is 0 Å². The summed E-state index contributed by atoms with van der Waals surface area (Å²) in [5.41, 5.74) is 1.87. The Balaban J connectivity index is 1.07. The number of fused-ring (bicyclic) bond motifs is 3. The van der Waals surface area contributed by atoms with Crippen molar-refractivity contribution in [3.05, 3.63) is 23.9 Å². The molecule has 6 rings (SSSR count). The van der Waals surface area contributed by atoms with E-state index in [9.17, 15) is 9.59 Å². The number of amides is 2. The fourth-order valence-electron chi connectivity index (χ4n) is 6.43. The predicted molar refractivity (Wildman–Crippen MR) is 158 cm³/mol. The maximum Gasteiger partial charge on any atom is 0.410 e. The fraction of sp³-hybridized carbons (Fsp3) is 0.690. The maximum atomic E-state index is 13.2. The summed E-state index contributed by atoms with van der Waals surface area (Å²) in [5.74, 6) is 1.47. The number of hydrogen-bond acceptors (Lipinski definition) is 10. The van der Waals surface area contributed by atoms with E-state index in [1.54, 1.807) is 15.5 Å². The lowest BCUT2D eigenvalue weighted by molar-refractivity contribution is -0.136. The van der Waals surface area contributed by atoms with Gasteiger partial charge in [-0.05, 0) is 52.1 Å². The topological polar surface area (TPSA) is 129 Å². The summed E-state index contributed by atoms with van der Waals surface area (Å²) >= 11 is 0. The molecule has 0 aromatic carbocycles. The molecule has 3 atom stereocenters. The zero-order chi connectivity index (χ0) is 29.4. The van der Waals surface area contributed by atoms with Gasteiger partial charge in [-0.25, -0.2) is 4.79 Å². The van der Waals surface area contributed by atoms with Crippen LogP contribution in [0.3, 0.4) is 0 Å². The van der Waals surface area contributed by atoms with Gasteiger partial charge in [0.25, 0.3) is 0 Å². The van der Waals surface area contributed by atoms with E-state index < -0.39 is 0 Å². The Morgan fingerprint density at radius 3 is 2.55 bits per heavy atom. The highest BCUT2D eigenvalue weighted by Gasteiger charge is 2.46. The fourth-order valence-corrected chi connectivity index (χ4v) is 6.43. The van der Waals surface area contributed by atoms with Gasteiger partial charge in [-0.15, -0.1) is 0 Å². The van der Waals surface area contributed by atoms with E-state index in [1.807, 2.05) is 36.2 Å². The molecule has 0 aliphatic carbocycles. The van der Waals surface area contributed by atoms with E-state index in [0.717, 1.165) is 49.9 Å². The first kappa shape index (κ1) is 28.7. The summed E-state index contributed by atoms with van der Waals surface area (Å²) in [6.07, 6.45) is 9.25. The van der Waals surface area contributed by atoms with E-state index >= 15 is 0 Å². The normalized spacial score (nSPS) is 26.0. The van der Waals surface area contributed by atoms with Crippen LogP contribution in [-0.4, -0.2) is 123 Å². The number of nitrogens with one attached hydrogen (secondary N) is 2. The lowest BCUT2D eigenvalue weighted by Gasteiger charge is -2.42. The lowest BCUT2D eigenvalue weighted by atomic mass is 9.98. The smallest absolute Gasteiger partial charge is 0.410 e. The Morgan fingerprint density at radius 2 is 1.88 bits per heavy atom. The van der Waals surface area contributed by atoms with Gasteiger partial charge in [-0.3, -0.25) is 4.79 Å². The number of rotatable bonds is 9. The van der Waals surface area contributed by atoms with Crippen molar-refractivity contribution in [2.75, 3.05) is 57.6 Å². The van der Waals surface area contributed by atoms with Gasteiger partial charge < -0.3 is 34.8 Å². The standard InChI is InChI=1S/C29H43N9O4/c1-18(2)24-14-30-38-26(24)33-27(31-19-9-11-41-17-19)34-28(38)32-20-12-21-7-8-22(13-20)37(21)29(40)42-23-15-36(16-23)25(39)6-5-10-35(3)4/h5-6,14,18-23H,7-13,15-17H2,1-4H3,(H2,31,32,33,34)/b6-5+. The number of anilines is 2. The molecule has 2 aromatic rings. The second kappa shape index (κ2) is 12.0. The molecule has 4 fully saturated rings. The average molecular weight is 582 g/mol. The van der Waals surface area contributed by atoms with Gasteiger partial charge in [-0.1, -0.05) is 19.9 Å². The molecule has 2 amide bonds. The summed E-state index contributed by atoms with van der Waals surface area (Å²) in [6.45, 7) is 7.26. The Kier molecular flexibility index (Phi) is 8.22. The number of nitrogens with zero attached hydrogens (tertiary/aromatic N) is 7. The van der Waals surface area contributed by atoms with Crippen molar-refractivity contribution < 1.29 is 19.1 Å². The monoisotopic (exact) mass is 581 g/mol. The van der Waals surface area contributed by atoms with Crippen LogP contribution < -0.4 is 10.6 Å². The number of likely N-dealkylation sites (N-methyl/N-ethyl adjacent to an activating group) is 1. The van der Waals surface area contributed by atoms with Crippen molar-refractivity contribution in [1.29, 1.82) is 0 Å². The zero-order valence-electron chi connectivity index (χ0n) is 25.0. The van der Waals surface area contributed by atoms with E-state index in [0.29, 0.717) is 38.1 Å². The minimum Gasteiger partial charge on any atom is -0.442 e. The molecule has 3 unspecified atom stereocenters. The molecule has 0 spiro atoms. The van der Waals surface area contributed by atoms with Crippen LogP contribution in [0.1, 0.15) is 57.4 Å². The molecule has 2 bridgehead atoms. The summed E-state index contributed by atoms with van der Waals surface area (Å²) in [6, 6.07) is 0.547. The molecule has 13 nitrogen and oxygen atoms in total. The van der Waals surface area contributed by atoms with Crippen molar-refractivity contribution in [3.63, 3.8) is 0 Å². The molecule has 2 aromatic heterocycles. The number of hydrogen-bond donors (Lipinski definition) is 2. The molecule has 42 heavy (non-hydrogen) atoms. The van der Waals surface area contributed by atoms with Gasteiger partial charge in [0.15, 0.2) is 5.65 Å². The number of carbonyl (C=O) groups excluding carboxylic acids is 2. The SMILES string of the molecule is CC(C)c1cnn2c(NC3CC4CCC(C3)N4C(=O)OC3CN(C(=O)/C=C/CN(C)C)C3)nc(NC3CCOC3)nc12. The second-order valence-corrected chi connectivity index (χ2v) is 12.6. The van der Waals surface area contributed by atoms with Crippen LogP contribution in [0.5, 0.6) is 0 Å². The van der Waals surface area contributed by atoms with Crippen LogP contribution in [0, 0.1) is 0 Å². The quantitative estimate of drug-likeness (QED) is 0.426. The number of aromatic nitrogens is 4. The summed E-state index contributed by atoms with van der Waals surface area (Å²) in [4.78, 5) is 40.8. The van der Waals surface area contributed by atoms with Gasteiger partial charge in [-0.2, -0.15) is 19.6 Å². The number of ether oxygens (including phenoxy) is 2. The highest BCUT2D eigenvalue weighted by atomic mass is 16.6. The third-order valence-corrected chi connectivity index (χ3v) is 8.72. The third kappa shape index (κ3) is 6.03. The second-order valence-electron chi connectivity index (χ2n) is 12.6. The highest BCUT2D eigenvalue weighted by Crippen LogP contribution is 2.38. The van der Waals surface area contributed by atoms with Crippen LogP contribution in [0.25, 0.3) is 5.65 Å². The van der Waals surface area contributed by atoms with Crippen molar-refractivity contribution in [3.8, 4) is 0 Å². The first-order valence-corrected chi connectivity index (χ1v) is 15.2. The van der Waals surface area contributed by atoms with Crippen molar-refractivity contribution in [1.82, 2.24) is 34.3 Å². The largest absolute Gasteiger partial charge is 0.442 e. The molecule has 4 saturated heterocycles. The molecule has 6 heterocycles.